The van der Waals surface area contributed by atoms with Gasteiger partial charge in [-0.2, -0.15) is 0 Å². The first-order valence-corrected chi connectivity index (χ1v) is 11.4. The molecule has 0 bridgehead atoms. The van der Waals surface area contributed by atoms with Crippen LogP contribution in [-0.4, -0.2) is 15.4 Å². The molecule has 0 amide bonds. The van der Waals surface area contributed by atoms with Gasteiger partial charge >= 0.3 is 0 Å². The summed E-state index contributed by atoms with van der Waals surface area (Å²) in [6.07, 6.45) is 0. The molecular weight excluding hydrogens is 312 g/mol. The van der Waals surface area contributed by atoms with Crippen LogP contribution in [0.15, 0.2) is 42.5 Å². The van der Waals surface area contributed by atoms with Gasteiger partial charge in [-0.25, -0.2) is 0 Å². The van der Waals surface area contributed by atoms with Crippen molar-refractivity contribution in [2.45, 2.75) is 52.4 Å². The zero-order valence-electron chi connectivity index (χ0n) is 16.1. The molecular formula is C21H30O2Si. The molecule has 0 fully saturated rings. The quantitative estimate of drug-likeness (QED) is 0.603. The van der Waals surface area contributed by atoms with Gasteiger partial charge in [0, 0.05) is 5.56 Å². The standard InChI is InChI=1S/C21H30O2Si/c1-16-11-8-9-13-18(16)20-17(12-10-14-19(20)22-5)15-23-24(6,7)21(2,3)4/h8-14H,15H2,1-7H3. The zero-order valence-corrected chi connectivity index (χ0v) is 17.1. The van der Waals surface area contributed by atoms with Crippen molar-refractivity contribution < 1.29 is 9.16 Å². The van der Waals surface area contributed by atoms with Gasteiger partial charge in [-0.3, -0.25) is 0 Å². The molecule has 2 rings (SSSR count). The van der Waals surface area contributed by atoms with Gasteiger partial charge in [0.2, 0.25) is 0 Å². The van der Waals surface area contributed by atoms with Crippen LogP contribution in [0.5, 0.6) is 5.75 Å². The average Bonchev–Trinajstić information content (AvgIpc) is 2.52. The lowest BCUT2D eigenvalue weighted by atomic mass is 9.95. The van der Waals surface area contributed by atoms with E-state index in [1.165, 1.54) is 16.7 Å². The Bertz CT molecular complexity index is 699. The van der Waals surface area contributed by atoms with Crippen molar-refractivity contribution >= 4 is 8.32 Å². The van der Waals surface area contributed by atoms with Gasteiger partial charge in [0.05, 0.1) is 13.7 Å². The van der Waals surface area contributed by atoms with E-state index in [9.17, 15) is 0 Å². The smallest absolute Gasteiger partial charge is 0.192 e. The Labute approximate surface area is 148 Å². The minimum Gasteiger partial charge on any atom is -0.496 e. The molecule has 0 saturated heterocycles. The van der Waals surface area contributed by atoms with Crippen molar-refractivity contribution in [3.05, 3.63) is 53.6 Å². The van der Waals surface area contributed by atoms with E-state index in [2.05, 4.69) is 71.1 Å². The Kier molecular flexibility index (Phi) is 5.56. The predicted octanol–water partition coefficient (Wildman–Crippen LogP) is 6.19. The van der Waals surface area contributed by atoms with Crippen molar-refractivity contribution in [3.8, 4) is 16.9 Å². The molecule has 0 spiro atoms. The van der Waals surface area contributed by atoms with Crippen LogP contribution in [0.1, 0.15) is 31.9 Å². The Hall–Kier alpha value is -1.58. The van der Waals surface area contributed by atoms with Gasteiger partial charge in [0.1, 0.15) is 5.75 Å². The summed E-state index contributed by atoms with van der Waals surface area (Å²) in [6.45, 7) is 14.2. The molecule has 0 unspecified atom stereocenters. The summed E-state index contributed by atoms with van der Waals surface area (Å²) >= 11 is 0. The Balaban J connectivity index is 2.44. The summed E-state index contributed by atoms with van der Waals surface area (Å²) in [5.74, 6) is 0.903. The van der Waals surface area contributed by atoms with Crippen LogP contribution in [0.4, 0.5) is 0 Å². The Morgan fingerprint density at radius 1 is 0.958 bits per heavy atom. The van der Waals surface area contributed by atoms with E-state index >= 15 is 0 Å². The average molecular weight is 343 g/mol. The summed E-state index contributed by atoms with van der Waals surface area (Å²) in [5.41, 5.74) is 4.80. The highest BCUT2D eigenvalue weighted by Crippen LogP contribution is 2.39. The van der Waals surface area contributed by atoms with Crippen LogP contribution in [0.3, 0.4) is 0 Å². The number of hydrogen-bond donors (Lipinski definition) is 0. The number of benzene rings is 2. The van der Waals surface area contributed by atoms with E-state index in [0.29, 0.717) is 6.61 Å². The first kappa shape index (κ1) is 18.8. The van der Waals surface area contributed by atoms with Crippen LogP contribution in [-0.2, 0) is 11.0 Å². The van der Waals surface area contributed by atoms with E-state index in [1.54, 1.807) is 7.11 Å². The molecule has 0 aliphatic heterocycles. The lowest BCUT2D eigenvalue weighted by Crippen LogP contribution is -2.40. The minimum atomic E-state index is -1.79. The van der Waals surface area contributed by atoms with Crippen molar-refractivity contribution in [1.82, 2.24) is 0 Å². The summed E-state index contributed by atoms with van der Waals surface area (Å²) in [4.78, 5) is 0. The predicted molar refractivity (Wildman–Crippen MR) is 105 cm³/mol. The number of aryl methyl sites for hydroxylation is 1. The number of ether oxygens (including phenoxy) is 1. The molecule has 2 aromatic carbocycles. The normalized spacial score (nSPS) is 12.3. The lowest BCUT2D eigenvalue weighted by Gasteiger charge is -2.36. The van der Waals surface area contributed by atoms with E-state index in [4.69, 9.17) is 9.16 Å². The minimum absolute atomic E-state index is 0.203. The number of methoxy groups -OCH3 is 1. The van der Waals surface area contributed by atoms with E-state index in [0.717, 1.165) is 11.3 Å². The SMILES string of the molecule is COc1cccc(CO[Si](C)(C)C(C)(C)C)c1-c1ccccc1C. The molecule has 2 nitrogen and oxygen atoms in total. The fourth-order valence-corrected chi connectivity index (χ4v) is 3.45. The van der Waals surface area contributed by atoms with Gasteiger partial charge in [-0.05, 0) is 47.8 Å². The first-order chi connectivity index (χ1) is 11.2. The maximum atomic E-state index is 6.46. The molecule has 0 N–H and O–H groups in total. The fourth-order valence-electron chi connectivity index (χ4n) is 2.50. The number of rotatable bonds is 5. The summed E-state index contributed by atoms with van der Waals surface area (Å²) in [7, 11) is -0.0618. The molecule has 24 heavy (non-hydrogen) atoms. The summed E-state index contributed by atoms with van der Waals surface area (Å²) in [6, 6.07) is 14.7. The molecule has 0 aliphatic rings. The molecule has 130 valence electrons. The van der Waals surface area contributed by atoms with E-state index in [-0.39, 0.29) is 5.04 Å². The highest BCUT2D eigenvalue weighted by molar-refractivity contribution is 6.74. The fraction of sp³-hybridized carbons (Fsp3) is 0.429. The van der Waals surface area contributed by atoms with Crippen molar-refractivity contribution in [2.75, 3.05) is 7.11 Å². The maximum Gasteiger partial charge on any atom is 0.192 e. The van der Waals surface area contributed by atoms with Crippen LogP contribution in [0.2, 0.25) is 18.1 Å². The monoisotopic (exact) mass is 342 g/mol. The van der Waals surface area contributed by atoms with E-state index < -0.39 is 8.32 Å². The third-order valence-corrected chi connectivity index (χ3v) is 9.62. The molecule has 0 aliphatic carbocycles. The summed E-state index contributed by atoms with van der Waals surface area (Å²) in [5, 5.41) is 0.203. The molecule has 3 heteroatoms. The Morgan fingerprint density at radius 3 is 2.21 bits per heavy atom. The lowest BCUT2D eigenvalue weighted by molar-refractivity contribution is 0.276. The van der Waals surface area contributed by atoms with Gasteiger partial charge < -0.3 is 9.16 Å². The van der Waals surface area contributed by atoms with Crippen molar-refractivity contribution in [1.29, 1.82) is 0 Å². The van der Waals surface area contributed by atoms with Crippen LogP contribution < -0.4 is 4.74 Å². The molecule has 2 aromatic rings. The van der Waals surface area contributed by atoms with Gasteiger partial charge in [0.15, 0.2) is 8.32 Å². The van der Waals surface area contributed by atoms with Crippen LogP contribution in [0.25, 0.3) is 11.1 Å². The van der Waals surface area contributed by atoms with Crippen molar-refractivity contribution in [3.63, 3.8) is 0 Å². The van der Waals surface area contributed by atoms with Gasteiger partial charge in [0.25, 0.3) is 0 Å². The second-order valence-electron chi connectivity index (χ2n) is 7.86. The highest BCUT2D eigenvalue weighted by Gasteiger charge is 2.37. The Morgan fingerprint density at radius 2 is 1.62 bits per heavy atom. The molecule has 0 heterocycles. The highest BCUT2D eigenvalue weighted by atomic mass is 28.4. The van der Waals surface area contributed by atoms with Gasteiger partial charge in [-0.1, -0.05) is 57.2 Å². The summed E-state index contributed by atoms with van der Waals surface area (Å²) < 4.78 is 12.1. The van der Waals surface area contributed by atoms with Gasteiger partial charge in [-0.15, -0.1) is 0 Å². The third kappa shape index (κ3) is 3.90. The molecule has 0 saturated carbocycles. The largest absolute Gasteiger partial charge is 0.496 e. The van der Waals surface area contributed by atoms with Crippen LogP contribution >= 0.6 is 0 Å². The third-order valence-electron chi connectivity index (χ3n) is 5.14. The van der Waals surface area contributed by atoms with Crippen molar-refractivity contribution in [2.24, 2.45) is 0 Å². The zero-order chi connectivity index (χ0) is 18.0. The molecule has 0 aromatic heterocycles. The topological polar surface area (TPSA) is 18.5 Å². The second kappa shape index (κ2) is 7.12. The van der Waals surface area contributed by atoms with Crippen LogP contribution in [0, 0.1) is 6.92 Å². The molecule has 0 radical (unpaired) electrons. The maximum absolute atomic E-state index is 6.46. The first-order valence-electron chi connectivity index (χ1n) is 8.53. The molecule has 0 atom stereocenters. The van der Waals surface area contributed by atoms with E-state index in [1.807, 2.05) is 12.1 Å². The number of hydrogen-bond acceptors (Lipinski definition) is 2. The second-order valence-corrected chi connectivity index (χ2v) is 12.7.